The molecule has 1 saturated heterocycles. The lowest BCUT2D eigenvalue weighted by atomic mass is 10.2. The van der Waals surface area contributed by atoms with Crippen molar-refractivity contribution in [2.45, 2.75) is 6.42 Å². The number of hydrogen-bond donors (Lipinski definition) is 0. The van der Waals surface area contributed by atoms with E-state index in [4.69, 9.17) is 9.47 Å². The van der Waals surface area contributed by atoms with Gasteiger partial charge in [0, 0.05) is 31.2 Å². The third-order valence-electron chi connectivity index (χ3n) is 3.47. The van der Waals surface area contributed by atoms with Gasteiger partial charge in [-0.25, -0.2) is 9.97 Å². The monoisotopic (exact) mass is 273 g/mol. The quantitative estimate of drug-likeness (QED) is 0.776. The fraction of sp³-hybridized carbons (Fsp3) is 0.467. The van der Waals surface area contributed by atoms with Crippen LogP contribution in [0.25, 0.3) is 10.9 Å². The fourth-order valence-corrected chi connectivity index (χ4v) is 2.36. The lowest BCUT2D eigenvalue weighted by molar-refractivity contribution is 0.0358. The molecule has 0 N–H and O–H groups in total. The van der Waals surface area contributed by atoms with Gasteiger partial charge in [0.05, 0.1) is 25.3 Å². The summed E-state index contributed by atoms with van der Waals surface area (Å²) in [6, 6.07) is 5.92. The summed E-state index contributed by atoms with van der Waals surface area (Å²) in [5, 5.41) is 1.01. The molecule has 0 bridgehead atoms. The third-order valence-corrected chi connectivity index (χ3v) is 3.47. The second-order valence-corrected chi connectivity index (χ2v) is 4.90. The molecule has 2 heterocycles. The Morgan fingerprint density at radius 1 is 1.25 bits per heavy atom. The summed E-state index contributed by atoms with van der Waals surface area (Å²) in [5.74, 6) is 0.884. The van der Waals surface area contributed by atoms with Gasteiger partial charge >= 0.3 is 0 Å². The van der Waals surface area contributed by atoms with Crippen molar-refractivity contribution < 1.29 is 9.47 Å². The predicted octanol–water partition coefficient (Wildman–Crippen LogP) is 1.73. The highest BCUT2D eigenvalue weighted by Crippen LogP contribution is 2.18. The van der Waals surface area contributed by atoms with E-state index < -0.39 is 0 Å². The number of hydrogen-bond acceptors (Lipinski definition) is 5. The summed E-state index contributed by atoms with van der Waals surface area (Å²) in [6.45, 7) is 5.58. The molecule has 0 amide bonds. The molecule has 1 aliphatic rings. The average molecular weight is 273 g/mol. The normalized spacial score (nSPS) is 16.4. The number of benzene rings is 1. The van der Waals surface area contributed by atoms with Gasteiger partial charge < -0.3 is 9.47 Å². The summed E-state index contributed by atoms with van der Waals surface area (Å²) in [6.07, 6.45) is 4.40. The molecule has 0 radical (unpaired) electrons. The van der Waals surface area contributed by atoms with Gasteiger partial charge in [-0.15, -0.1) is 0 Å². The zero-order valence-corrected chi connectivity index (χ0v) is 11.5. The van der Waals surface area contributed by atoms with Crippen molar-refractivity contribution in [3.8, 4) is 5.75 Å². The zero-order valence-electron chi connectivity index (χ0n) is 11.5. The molecule has 3 rings (SSSR count). The van der Waals surface area contributed by atoms with Crippen LogP contribution in [0.1, 0.15) is 6.42 Å². The van der Waals surface area contributed by atoms with Crippen LogP contribution in [0, 0.1) is 0 Å². The second-order valence-electron chi connectivity index (χ2n) is 4.90. The molecule has 1 fully saturated rings. The summed E-state index contributed by atoms with van der Waals surface area (Å²) < 4.78 is 11.1. The standard InChI is InChI=1S/C15H19N3O2/c1(4-18-5-8-19-9-6-18)7-20-14-2-3-15-13(10-14)11-16-12-17-15/h2-3,10-12H,1,4-9H2. The van der Waals surface area contributed by atoms with Crippen LogP contribution < -0.4 is 4.74 Å². The highest BCUT2D eigenvalue weighted by Gasteiger charge is 2.09. The fourth-order valence-electron chi connectivity index (χ4n) is 2.36. The SMILES string of the molecule is c1ncc2cc(OCCCN3CCOCC3)ccc2n1. The van der Waals surface area contributed by atoms with Crippen LogP contribution >= 0.6 is 0 Å². The largest absolute Gasteiger partial charge is 0.494 e. The maximum Gasteiger partial charge on any atom is 0.120 e. The molecule has 1 aromatic carbocycles. The average Bonchev–Trinajstić information content (AvgIpc) is 2.52. The molecule has 0 spiro atoms. The van der Waals surface area contributed by atoms with Gasteiger partial charge in [0.25, 0.3) is 0 Å². The van der Waals surface area contributed by atoms with Crippen LogP contribution in [0.5, 0.6) is 5.75 Å². The molecule has 0 aliphatic carbocycles. The van der Waals surface area contributed by atoms with Crippen LogP contribution in [0.15, 0.2) is 30.7 Å². The number of rotatable bonds is 5. The summed E-state index contributed by atoms with van der Waals surface area (Å²) in [4.78, 5) is 10.6. The van der Waals surface area contributed by atoms with Gasteiger partial charge in [-0.3, -0.25) is 4.90 Å². The lowest BCUT2D eigenvalue weighted by Gasteiger charge is -2.26. The Bertz CT molecular complexity index is 556. The minimum atomic E-state index is 0.733. The molecule has 0 unspecified atom stereocenters. The van der Waals surface area contributed by atoms with Gasteiger partial charge in [0.2, 0.25) is 0 Å². The molecule has 20 heavy (non-hydrogen) atoms. The van der Waals surface area contributed by atoms with Crippen LogP contribution in [-0.4, -0.2) is 54.3 Å². The highest BCUT2D eigenvalue weighted by atomic mass is 16.5. The van der Waals surface area contributed by atoms with E-state index in [1.807, 2.05) is 24.4 Å². The van der Waals surface area contributed by atoms with Crippen LogP contribution in [0.4, 0.5) is 0 Å². The molecule has 1 aromatic heterocycles. The van der Waals surface area contributed by atoms with Crippen molar-refractivity contribution in [3.05, 3.63) is 30.7 Å². The zero-order chi connectivity index (χ0) is 13.6. The Labute approximate surface area is 118 Å². The van der Waals surface area contributed by atoms with E-state index in [0.29, 0.717) is 0 Å². The van der Waals surface area contributed by atoms with Gasteiger partial charge in [0.15, 0.2) is 0 Å². The molecular formula is C15H19N3O2. The van der Waals surface area contributed by atoms with Crippen LogP contribution in [0.3, 0.4) is 0 Å². The van der Waals surface area contributed by atoms with E-state index >= 15 is 0 Å². The first-order valence-electron chi connectivity index (χ1n) is 7.04. The second kappa shape index (κ2) is 6.63. The van der Waals surface area contributed by atoms with Gasteiger partial charge in [-0.1, -0.05) is 0 Å². The summed E-state index contributed by atoms with van der Waals surface area (Å²) in [7, 11) is 0. The Morgan fingerprint density at radius 2 is 2.15 bits per heavy atom. The van der Waals surface area contributed by atoms with Crippen molar-refractivity contribution in [1.82, 2.24) is 14.9 Å². The van der Waals surface area contributed by atoms with Crippen molar-refractivity contribution in [2.24, 2.45) is 0 Å². The number of morpholine rings is 1. The minimum Gasteiger partial charge on any atom is -0.494 e. The molecule has 2 aromatic rings. The van der Waals surface area contributed by atoms with Crippen molar-refractivity contribution in [3.63, 3.8) is 0 Å². The van der Waals surface area contributed by atoms with Gasteiger partial charge in [0.1, 0.15) is 12.1 Å². The van der Waals surface area contributed by atoms with E-state index in [1.54, 1.807) is 6.33 Å². The van der Waals surface area contributed by atoms with E-state index in [1.165, 1.54) is 0 Å². The number of aromatic nitrogens is 2. The maximum absolute atomic E-state index is 5.79. The van der Waals surface area contributed by atoms with Crippen LogP contribution in [0.2, 0.25) is 0 Å². The smallest absolute Gasteiger partial charge is 0.120 e. The molecule has 5 heteroatoms. The summed E-state index contributed by atoms with van der Waals surface area (Å²) in [5.41, 5.74) is 0.945. The van der Waals surface area contributed by atoms with E-state index in [9.17, 15) is 0 Å². The lowest BCUT2D eigenvalue weighted by Crippen LogP contribution is -2.37. The topological polar surface area (TPSA) is 47.5 Å². The number of nitrogens with zero attached hydrogens (tertiary/aromatic N) is 3. The van der Waals surface area contributed by atoms with Crippen molar-refractivity contribution in [1.29, 1.82) is 0 Å². The Morgan fingerprint density at radius 3 is 3.05 bits per heavy atom. The Balaban J connectivity index is 1.47. The minimum absolute atomic E-state index is 0.733. The van der Waals surface area contributed by atoms with Crippen LogP contribution in [-0.2, 0) is 4.74 Å². The Kier molecular flexibility index (Phi) is 4.40. The van der Waals surface area contributed by atoms with E-state index in [-0.39, 0.29) is 0 Å². The van der Waals surface area contributed by atoms with Crippen molar-refractivity contribution >= 4 is 10.9 Å². The van der Waals surface area contributed by atoms with Gasteiger partial charge in [-0.2, -0.15) is 0 Å². The third kappa shape index (κ3) is 3.43. The molecule has 0 atom stereocenters. The number of ether oxygens (including phenoxy) is 2. The maximum atomic E-state index is 5.79. The first-order chi connectivity index (χ1) is 9.92. The van der Waals surface area contributed by atoms with E-state index in [2.05, 4.69) is 14.9 Å². The van der Waals surface area contributed by atoms with E-state index in [0.717, 1.165) is 62.5 Å². The highest BCUT2D eigenvalue weighted by molar-refractivity contribution is 5.78. The molecule has 5 nitrogen and oxygen atoms in total. The molecule has 1 aliphatic heterocycles. The summed E-state index contributed by atoms with van der Waals surface area (Å²) >= 11 is 0. The predicted molar refractivity (Wildman–Crippen MR) is 76.9 cm³/mol. The van der Waals surface area contributed by atoms with Crippen molar-refractivity contribution in [2.75, 3.05) is 39.5 Å². The van der Waals surface area contributed by atoms with Gasteiger partial charge in [-0.05, 0) is 24.6 Å². The first kappa shape index (κ1) is 13.3. The first-order valence-corrected chi connectivity index (χ1v) is 7.04. The molecular weight excluding hydrogens is 254 g/mol. The number of fused-ring (bicyclic) bond motifs is 1. The molecule has 0 saturated carbocycles. The Hall–Kier alpha value is -1.72. The molecule has 106 valence electrons.